The van der Waals surface area contributed by atoms with Gasteiger partial charge in [-0.3, -0.25) is 26.7 Å². The number of aromatic nitrogens is 4. The summed E-state index contributed by atoms with van der Waals surface area (Å²) >= 11 is 1.82. The fraction of sp³-hybridized carbons (Fsp3) is 0. The van der Waals surface area contributed by atoms with Gasteiger partial charge in [-0.2, -0.15) is 0 Å². The number of halogens is 2. The summed E-state index contributed by atoms with van der Waals surface area (Å²) in [5.74, 6) is 0. The van der Waals surface area contributed by atoms with Crippen LogP contribution in [0.25, 0.3) is 22.8 Å². The van der Waals surface area contributed by atoms with Crippen LogP contribution in [-0.2, 0) is 22.1 Å². The quantitative estimate of drug-likeness (QED) is 0.211. The monoisotopic (exact) mass is 514 g/mol. The van der Waals surface area contributed by atoms with Crippen molar-refractivity contribution < 1.29 is 22.1 Å². The Hall–Kier alpha value is -2.53. The zero-order valence-electron chi connectivity index (χ0n) is 15.2. The number of pyridine rings is 4. The third kappa shape index (κ3) is 10.00. The van der Waals surface area contributed by atoms with E-state index < -0.39 is 0 Å². The molecule has 0 atom stereocenters. The van der Waals surface area contributed by atoms with E-state index in [9.17, 15) is 0 Å². The van der Waals surface area contributed by atoms with Crippen molar-refractivity contribution in [3.8, 4) is 22.8 Å². The van der Waals surface area contributed by atoms with Gasteiger partial charge in [-0.05, 0) is 48.5 Å². The molecule has 8 heteroatoms. The molecule has 0 fully saturated rings. The molecule has 0 aliphatic rings. The molecule has 0 aliphatic heterocycles. The molecule has 0 unspecified atom stereocenters. The predicted molar refractivity (Wildman–Crippen MR) is 115 cm³/mol. The van der Waals surface area contributed by atoms with Crippen LogP contribution in [0.1, 0.15) is 0 Å². The maximum Gasteiger partial charge on any atom is 0.0886 e. The Morgan fingerprint density at radius 2 is 0.724 bits per heavy atom. The molecule has 4 heterocycles. The molecule has 0 saturated carbocycles. The Morgan fingerprint density at radius 1 is 0.517 bits per heavy atom. The Morgan fingerprint density at radius 3 is 0.862 bits per heavy atom. The predicted octanol–water partition coefficient (Wildman–Crippen LogP) is 5.12. The van der Waals surface area contributed by atoms with Crippen LogP contribution in [-0.4, -0.2) is 26.7 Å². The minimum absolute atomic E-state index is 0. The van der Waals surface area contributed by atoms with E-state index in [1.54, 1.807) is 24.8 Å². The molecule has 4 rings (SSSR count). The topological polar surface area (TPSA) is 68.6 Å². The summed E-state index contributed by atoms with van der Waals surface area (Å²) in [5, 5.41) is 0. The van der Waals surface area contributed by atoms with Crippen molar-refractivity contribution in [1.82, 2.24) is 19.9 Å². The third-order valence-corrected chi connectivity index (χ3v) is 3.18. The summed E-state index contributed by atoms with van der Waals surface area (Å²) in [4.78, 5) is 24.5. The van der Waals surface area contributed by atoms with Gasteiger partial charge in [-0.1, -0.05) is 24.3 Å². The number of rotatable bonds is 2. The molecule has 0 N–H and O–H groups in total. The Bertz CT molecular complexity index is 724. The van der Waals surface area contributed by atoms with Crippen LogP contribution in [0.4, 0.5) is 0 Å². The molecule has 0 saturated heterocycles. The number of carbonyl (C=O) groups excluding carboxylic acids is 1. The standard InChI is InChI=1S/2C10H8N2.CHO.2ClH.Ru/c2*1-3-7-11-9(5-1)10-6-2-4-8-12-10;1-2;;;/h2*1-8H;1H;2*1H;/q;;-1;;;+2/p-1. The van der Waals surface area contributed by atoms with Crippen molar-refractivity contribution in [2.24, 2.45) is 0 Å². The van der Waals surface area contributed by atoms with Crippen molar-refractivity contribution in [3.63, 3.8) is 0 Å². The molecule has 0 spiro atoms. The molecule has 150 valence electrons. The Balaban J connectivity index is 0.000000449. The van der Waals surface area contributed by atoms with Crippen molar-refractivity contribution in [1.29, 1.82) is 0 Å². The van der Waals surface area contributed by atoms with Gasteiger partial charge in [0.1, 0.15) is 0 Å². The number of nitrogens with zero attached hydrogens (tertiary/aromatic N) is 4. The van der Waals surface area contributed by atoms with E-state index in [4.69, 9.17) is 4.79 Å². The molecule has 0 amide bonds. The van der Waals surface area contributed by atoms with Gasteiger partial charge >= 0.3 is 27.0 Å². The molecule has 4 aromatic heterocycles. The van der Waals surface area contributed by atoms with Gasteiger partial charge in [0, 0.05) is 24.8 Å². The molecule has 4 aromatic rings. The van der Waals surface area contributed by atoms with Gasteiger partial charge in [0.2, 0.25) is 0 Å². The second-order valence-corrected chi connectivity index (χ2v) is 4.86. The summed E-state index contributed by atoms with van der Waals surface area (Å²) < 4.78 is 0. The molecule has 0 aromatic carbocycles. The Labute approximate surface area is 190 Å². The second-order valence-electron chi connectivity index (χ2n) is 4.86. The number of hydrogen-bond acceptors (Lipinski definition) is 5. The first-order chi connectivity index (χ1) is 13.9. The number of hydrogen-bond donors (Lipinski definition) is 0. The second kappa shape index (κ2) is 17.6. The average Bonchev–Trinajstić information content (AvgIpc) is 2.84. The van der Waals surface area contributed by atoms with E-state index in [0.717, 1.165) is 22.8 Å². The normalized spacial score (nSPS) is 8.34. The maximum absolute atomic E-state index is 7.75. The van der Waals surface area contributed by atoms with Gasteiger partial charge in [0.15, 0.2) is 0 Å². The maximum atomic E-state index is 7.75. The fourth-order valence-corrected chi connectivity index (χ4v) is 2.06. The van der Waals surface area contributed by atoms with Gasteiger partial charge in [-0.25, -0.2) is 0 Å². The zero-order valence-corrected chi connectivity index (χ0v) is 18.5. The van der Waals surface area contributed by atoms with Crippen molar-refractivity contribution in [3.05, 3.63) is 97.6 Å². The van der Waals surface area contributed by atoms with Crippen LogP contribution in [0.3, 0.4) is 0 Å². The molecule has 29 heavy (non-hydrogen) atoms. The first-order valence-electron chi connectivity index (χ1n) is 7.95. The van der Waals surface area contributed by atoms with Gasteiger partial charge < -0.3 is 4.79 Å². The SMILES string of the molecule is Cl.[CH-]=O.[Cl][Ru+].c1ccc(-c2ccccn2)nc1.c1ccc(-c2ccccn2)nc1. The summed E-state index contributed by atoms with van der Waals surface area (Å²) in [5.41, 5.74) is 3.66. The van der Waals surface area contributed by atoms with E-state index in [1.165, 1.54) is 0 Å². The van der Waals surface area contributed by atoms with Crippen molar-refractivity contribution in [2.45, 2.75) is 0 Å². The van der Waals surface area contributed by atoms with Gasteiger partial charge in [0.05, 0.1) is 22.8 Å². The summed E-state index contributed by atoms with van der Waals surface area (Å²) in [6.07, 6.45) is 7.07. The minimum atomic E-state index is 0. The first kappa shape index (κ1) is 26.5. The molecular formula is C21H18Cl2N4ORu. The van der Waals surface area contributed by atoms with Crippen LogP contribution in [0.2, 0.25) is 0 Å². The van der Waals surface area contributed by atoms with Crippen molar-refractivity contribution >= 4 is 28.9 Å². The first-order valence-corrected chi connectivity index (χ1v) is 10.2. The van der Waals surface area contributed by atoms with E-state index in [-0.39, 0.29) is 12.4 Å². The summed E-state index contributed by atoms with van der Waals surface area (Å²) in [7, 11) is 4.57. The zero-order chi connectivity index (χ0) is 20.5. The molecule has 0 bridgehead atoms. The van der Waals surface area contributed by atoms with E-state index in [2.05, 4.69) is 36.4 Å². The fourth-order valence-electron chi connectivity index (χ4n) is 2.06. The summed E-state index contributed by atoms with van der Waals surface area (Å²) in [6.45, 7) is 3.25. The van der Waals surface area contributed by atoms with Crippen LogP contribution in [0, 0.1) is 0 Å². The van der Waals surface area contributed by atoms with Gasteiger partial charge in [0.25, 0.3) is 0 Å². The van der Waals surface area contributed by atoms with E-state index in [1.807, 2.05) is 90.1 Å². The van der Waals surface area contributed by atoms with E-state index in [0.29, 0.717) is 0 Å². The smallest absolute Gasteiger partial charge is 0.0886 e. The largest absolute Gasteiger partial charge is 0.255 e. The third-order valence-electron chi connectivity index (χ3n) is 3.18. The molecule has 5 nitrogen and oxygen atoms in total. The van der Waals surface area contributed by atoms with Gasteiger partial charge in [-0.15, -0.1) is 12.4 Å². The minimum Gasteiger partial charge on any atom is -0.255 e. The van der Waals surface area contributed by atoms with Crippen LogP contribution in [0.15, 0.2) is 97.6 Å². The molecule has 0 aliphatic carbocycles. The van der Waals surface area contributed by atoms with Crippen molar-refractivity contribution in [2.75, 3.05) is 0 Å². The Kier molecular flexibility index (Phi) is 16.0. The average molecular weight is 514 g/mol. The summed E-state index contributed by atoms with van der Waals surface area (Å²) in [6, 6.07) is 23.2. The molecular weight excluding hydrogens is 496 g/mol. The van der Waals surface area contributed by atoms with Crippen LogP contribution < -0.4 is 0 Å². The van der Waals surface area contributed by atoms with E-state index >= 15 is 0 Å². The van der Waals surface area contributed by atoms with Crippen LogP contribution >= 0.6 is 22.1 Å². The van der Waals surface area contributed by atoms with Crippen LogP contribution in [0.5, 0.6) is 0 Å². The molecule has 0 radical (unpaired) electrons.